The lowest BCUT2D eigenvalue weighted by atomic mass is 9.79. The lowest BCUT2D eigenvalue weighted by molar-refractivity contribution is 0.00332. The molecule has 9 aromatic rings. The summed E-state index contributed by atoms with van der Waals surface area (Å²) in [7, 11) is -8.06. The zero-order chi connectivity index (χ0) is 83.1. The second-order valence-corrected chi connectivity index (χ2v) is 51.8. The van der Waals surface area contributed by atoms with E-state index in [4.69, 9.17) is 85.4 Å². The summed E-state index contributed by atoms with van der Waals surface area (Å²) in [6.45, 7) is 24.4. The average molecular weight is 1940 g/mol. The molecule has 5 aliphatic rings. The molecule has 38 heteroatoms. The summed E-state index contributed by atoms with van der Waals surface area (Å²) in [6, 6.07) is 27.2. The van der Waals surface area contributed by atoms with E-state index >= 15 is 8.78 Å². The van der Waals surface area contributed by atoms with Crippen LogP contribution in [-0.2, 0) is 70.6 Å². The van der Waals surface area contributed by atoms with Gasteiger partial charge in [0.1, 0.15) is 96.0 Å². The van der Waals surface area contributed by atoms with Crippen LogP contribution in [0.4, 0.5) is 37.7 Å². The van der Waals surface area contributed by atoms with Crippen molar-refractivity contribution in [2.75, 3.05) is 64.7 Å². The van der Waals surface area contributed by atoms with Crippen LogP contribution in [0.1, 0.15) is 27.7 Å². The van der Waals surface area contributed by atoms with E-state index in [0.717, 1.165) is 47.4 Å². The lowest BCUT2D eigenvalue weighted by Gasteiger charge is -2.32. The quantitative estimate of drug-likeness (QED) is 0.0180. The Balaban J connectivity index is 0.000000174. The van der Waals surface area contributed by atoms with Gasteiger partial charge in [-0.15, -0.1) is 0 Å². The third-order valence-corrected chi connectivity index (χ3v) is 26.4. The number of nitrogens with zero attached hydrogens (tertiary/aromatic N) is 8. The Morgan fingerprint density at radius 1 is 0.544 bits per heavy atom. The summed E-state index contributed by atoms with van der Waals surface area (Å²) >= 11 is 20.8. The summed E-state index contributed by atoms with van der Waals surface area (Å²) in [5.41, 5.74) is 4.83. The highest BCUT2D eigenvalue weighted by Crippen LogP contribution is 2.41. The van der Waals surface area contributed by atoms with E-state index in [1.54, 1.807) is 41.0 Å². The SMILES string of the molecule is CC1(C)OB(c2ccc(-c3nc4c(cc3Cl)nc(O[C@@H]3CO[C@H]5[C@@H]3OC[C@H]5O)n4COCC[Si](C)(C)C)cc2)OC1(C)C.CS(C)(=O)=Nc1cc(F)c(Br)c(F)c1.C[Si](C)(C)CCOCn1c(O[C@@H]2CO[C@H]3[C@@H]2OC[C@H]3O)nc2cc(Cl)c(-c3ccc(-c4c(F)cc(N=S(C)(C)=O)cc4F)cc3)nc21.Fc1cc(I)cc(F)c1Br. The molecular formula is C76H88BBr2Cl2F6IN8O14S2Si2. The molecule has 5 fully saturated rings. The van der Waals surface area contributed by atoms with Crippen molar-refractivity contribution in [1.29, 1.82) is 0 Å². The van der Waals surface area contributed by atoms with E-state index in [1.165, 1.54) is 37.2 Å². The first-order chi connectivity index (χ1) is 53.3. The molecule has 0 saturated carbocycles. The number of rotatable bonds is 20. The van der Waals surface area contributed by atoms with Gasteiger partial charge < -0.3 is 57.4 Å². The highest BCUT2D eigenvalue weighted by Gasteiger charge is 2.53. The molecule has 616 valence electrons. The van der Waals surface area contributed by atoms with E-state index in [1.807, 2.05) is 79.1 Å². The molecule has 2 N–H and O–H groups in total. The van der Waals surface area contributed by atoms with Gasteiger partial charge in [0.05, 0.1) is 84.9 Å². The molecule has 5 aliphatic heterocycles. The van der Waals surface area contributed by atoms with Gasteiger partial charge in [-0.3, -0.25) is 9.13 Å². The second-order valence-electron chi connectivity index (χ2n) is 31.8. The van der Waals surface area contributed by atoms with Crippen molar-refractivity contribution in [3.63, 3.8) is 0 Å². The molecule has 0 bridgehead atoms. The fourth-order valence-corrected chi connectivity index (χ4v) is 16.6. The maximum atomic E-state index is 15.0. The molecule has 0 radical (unpaired) electrons. The normalized spacial score (nSPS) is 21.1. The Labute approximate surface area is 701 Å². The fourth-order valence-electron chi connectivity index (χ4n) is 12.3. The first-order valence-corrected chi connectivity index (χ1v) is 51.6. The van der Waals surface area contributed by atoms with Crippen LogP contribution >= 0.6 is 77.7 Å². The minimum Gasteiger partial charge on any atom is -0.456 e. The van der Waals surface area contributed by atoms with Crippen molar-refractivity contribution in [3.8, 4) is 45.7 Å². The van der Waals surface area contributed by atoms with Crippen molar-refractivity contribution in [1.82, 2.24) is 29.1 Å². The Hall–Kier alpha value is -5.21. The van der Waals surface area contributed by atoms with Gasteiger partial charge in [0.25, 0.3) is 0 Å². The molecule has 9 heterocycles. The van der Waals surface area contributed by atoms with Crippen molar-refractivity contribution >= 4 is 160 Å². The molecular weight excluding hydrogens is 1850 g/mol. The van der Waals surface area contributed by atoms with Gasteiger partial charge in [-0.1, -0.05) is 111 Å². The predicted molar refractivity (Wildman–Crippen MR) is 450 cm³/mol. The summed E-state index contributed by atoms with van der Waals surface area (Å²) in [4.78, 5) is 19.2. The van der Waals surface area contributed by atoms with E-state index in [9.17, 15) is 36.2 Å². The maximum Gasteiger partial charge on any atom is 0.494 e. The number of pyridine rings is 2. The molecule has 14 rings (SSSR count). The van der Waals surface area contributed by atoms with Crippen molar-refractivity contribution in [2.45, 2.75) is 153 Å². The molecule has 114 heavy (non-hydrogen) atoms. The van der Waals surface area contributed by atoms with Crippen LogP contribution in [0.15, 0.2) is 115 Å². The summed E-state index contributed by atoms with van der Waals surface area (Å²) in [6.07, 6.45) is 1.61. The monoisotopic (exact) mass is 1940 g/mol. The van der Waals surface area contributed by atoms with Crippen molar-refractivity contribution < 1.29 is 92.2 Å². The molecule has 8 atom stereocenters. The Bertz CT molecular complexity index is 5200. The molecule has 0 unspecified atom stereocenters. The van der Waals surface area contributed by atoms with Crippen LogP contribution in [0.25, 0.3) is 56.0 Å². The topological polar surface area (TPSA) is 253 Å². The van der Waals surface area contributed by atoms with Gasteiger partial charge in [-0.2, -0.15) is 18.7 Å². The van der Waals surface area contributed by atoms with Crippen LogP contribution in [0, 0.1) is 38.5 Å². The van der Waals surface area contributed by atoms with Crippen molar-refractivity contribution in [2.24, 2.45) is 8.73 Å². The summed E-state index contributed by atoms with van der Waals surface area (Å²) < 4.78 is 176. The number of imidazole rings is 2. The summed E-state index contributed by atoms with van der Waals surface area (Å²) in [5, 5.41) is 21.1. The lowest BCUT2D eigenvalue weighted by Crippen LogP contribution is -2.41. The highest BCUT2D eigenvalue weighted by atomic mass is 127. The minimum atomic E-state index is -2.59. The van der Waals surface area contributed by atoms with E-state index < -0.39 is 132 Å². The third kappa shape index (κ3) is 22.2. The van der Waals surface area contributed by atoms with E-state index in [2.05, 4.69) is 84.9 Å². The maximum absolute atomic E-state index is 15.0. The van der Waals surface area contributed by atoms with Gasteiger partial charge in [0, 0.05) is 113 Å². The van der Waals surface area contributed by atoms with E-state index in [-0.39, 0.29) is 71.3 Å². The number of hydrogen-bond acceptors (Lipinski definition) is 20. The molecule has 0 aliphatic carbocycles. The van der Waals surface area contributed by atoms with E-state index in [0.29, 0.717) is 84.3 Å². The van der Waals surface area contributed by atoms with Crippen molar-refractivity contribution in [3.05, 3.63) is 155 Å². The smallest absolute Gasteiger partial charge is 0.456 e. The number of aliphatic hydroxyl groups is 2. The molecule has 5 aromatic carbocycles. The minimum absolute atomic E-state index is 0.0299. The molecule has 22 nitrogen and oxygen atoms in total. The second kappa shape index (κ2) is 36.4. The number of aliphatic hydroxyl groups excluding tert-OH is 2. The van der Waals surface area contributed by atoms with Gasteiger partial charge in [0.15, 0.2) is 23.5 Å². The molecule has 4 aromatic heterocycles. The number of fused-ring (bicyclic) bond motifs is 4. The zero-order valence-corrected chi connectivity index (χ0v) is 75.3. The van der Waals surface area contributed by atoms with Gasteiger partial charge >= 0.3 is 19.1 Å². The predicted octanol–water partition coefficient (Wildman–Crippen LogP) is 17.0. The first kappa shape index (κ1) is 89.6. The van der Waals surface area contributed by atoms with Gasteiger partial charge in [-0.05, 0) is 130 Å². The molecule has 0 amide bonds. The van der Waals surface area contributed by atoms with Gasteiger partial charge in [0.2, 0.25) is 0 Å². The zero-order valence-electron chi connectivity index (χ0n) is 64.9. The van der Waals surface area contributed by atoms with Crippen LogP contribution in [0.2, 0.25) is 61.4 Å². The first-order valence-electron chi connectivity index (χ1n) is 36.1. The average Bonchev–Trinajstić information content (AvgIpc) is 1.54. The summed E-state index contributed by atoms with van der Waals surface area (Å²) in [5.74, 6) is -4.28. The van der Waals surface area contributed by atoms with Gasteiger partial charge in [-0.25, -0.2) is 44.7 Å². The number of benzene rings is 5. The number of hydrogen-bond donors (Lipinski definition) is 2. The standard InChI is InChI=1S/C32H37ClF2N4O6SSi.C30H41BClN3O7Si.C8H8BrF2NOS.C6H2BrF2I/c1-46(2,41)38-20-12-22(34)27(23(35)13-20)18-6-8-19(9-7-18)28-21(33)14-24-31(37-28)39(17-42-10-11-47(3,4)5)32(36-24)45-26-16-44-29-25(40)15-43-30(26)29;1-29(2)30(3,4)42-31(41-29)19-10-8-18(9-11-19)24-20(32)14-21-27(34-24)35(17-37-12-13-43(5,6)7)28(33-21)40-23-16-39-25-22(36)15-38-26(23)25;1-14(2,13)12-5-3-6(10)8(9)7(11)4-5;7-6-4(8)1-3(10)2-5(6)9/h6-9,12-14,25-26,29-30,40H,10-11,15-17H2,1-5H3;8-11,14,22-23,25-26,36H,12-13,15-17H2,1-7H3;3-4H,1-2H3;1-2H/t25-,26-,29-,30-;22-,23-,25-,26-;;/m11../s1. The van der Waals surface area contributed by atoms with Crippen LogP contribution in [-0.4, -0.2) is 196 Å². The number of aromatic nitrogens is 6. The molecule has 5 saturated heterocycles. The van der Waals surface area contributed by atoms with Crippen LogP contribution in [0.3, 0.4) is 0 Å². The van der Waals surface area contributed by atoms with Crippen LogP contribution in [0.5, 0.6) is 12.0 Å². The fraction of sp³-hybridized carbons (Fsp3) is 0.447. The number of ether oxygens (including phenoxy) is 8. The largest absolute Gasteiger partial charge is 0.494 e. The Morgan fingerprint density at radius 3 is 1.27 bits per heavy atom. The third-order valence-electron chi connectivity index (χ3n) is 18.9. The Morgan fingerprint density at radius 2 is 0.895 bits per heavy atom. The Kier molecular flexibility index (Phi) is 28.6. The highest BCUT2D eigenvalue weighted by molar-refractivity contribution is 14.1. The number of halogens is 11. The molecule has 0 spiro atoms. The van der Waals surface area contributed by atoms with Crippen LogP contribution < -0.4 is 14.9 Å².